The maximum atomic E-state index is 9.86. The summed E-state index contributed by atoms with van der Waals surface area (Å²) in [5, 5.41) is 11.9. The van der Waals surface area contributed by atoms with Crippen LogP contribution in [-0.4, -0.2) is 12.1 Å². The summed E-state index contributed by atoms with van der Waals surface area (Å²) in [4.78, 5) is 9.86. The number of benzene rings is 1. The predicted octanol–water partition coefficient (Wildman–Crippen LogP) is 0.794. The fraction of sp³-hybridized carbons (Fsp3) is 0. The van der Waals surface area contributed by atoms with Crippen molar-refractivity contribution in [2.75, 3.05) is 0 Å². The van der Waals surface area contributed by atoms with E-state index in [9.17, 15) is 4.91 Å². The van der Waals surface area contributed by atoms with Gasteiger partial charge < -0.3 is 5.02 Å². The van der Waals surface area contributed by atoms with Crippen LogP contribution in [0.15, 0.2) is 29.4 Å². The maximum absolute atomic E-state index is 9.86. The lowest BCUT2D eigenvalue weighted by Gasteiger charge is -1.95. The van der Waals surface area contributed by atoms with Gasteiger partial charge in [0.15, 0.2) is 0 Å². The second-order valence-corrected chi connectivity index (χ2v) is 2.47. The van der Waals surface area contributed by atoms with Crippen LogP contribution >= 0.6 is 11.6 Å². The Balaban J connectivity index is 2.89. The average Bonchev–Trinajstić information content (AvgIpc) is 2.05. The molecular formula is C6H5BClNO2. The summed E-state index contributed by atoms with van der Waals surface area (Å²) in [6, 6.07) is 6.28. The molecule has 0 radical (unpaired) electrons. The molecule has 1 aromatic carbocycles. The molecule has 3 nitrogen and oxygen atoms in total. The minimum Gasteiger partial charge on any atom is -0.425 e. The van der Waals surface area contributed by atoms with Gasteiger partial charge in [0, 0.05) is 5.02 Å². The summed E-state index contributed by atoms with van der Waals surface area (Å²) in [6.07, 6.45) is 0. The topological polar surface area (TPSA) is 49.7 Å². The zero-order valence-corrected chi connectivity index (χ0v) is 6.32. The van der Waals surface area contributed by atoms with Gasteiger partial charge in [0.25, 0.3) is 0 Å². The molecule has 0 fully saturated rings. The van der Waals surface area contributed by atoms with Crippen molar-refractivity contribution in [3.05, 3.63) is 34.2 Å². The van der Waals surface area contributed by atoms with Crippen molar-refractivity contribution in [3.63, 3.8) is 0 Å². The summed E-state index contributed by atoms with van der Waals surface area (Å²) >= 11 is 5.57. The van der Waals surface area contributed by atoms with Gasteiger partial charge in [-0.15, -0.1) is 0 Å². The van der Waals surface area contributed by atoms with E-state index in [-0.39, 0.29) is 0 Å². The Morgan fingerprint density at radius 2 is 1.91 bits per heavy atom. The van der Waals surface area contributed by atoms with E-state index >= 15 is 0 Å². The molecule has 0 aliphatic carbocycles. The SMILES string of the molecule is O=NB(O)c1ccc(Cl)cc1. The lowest BCUT2D eigenvalue weighted by molar-refractivity contribution is 0.587. The van der Waals surface area contributed by atoms with Crippen molar-refractivity contribution in [2.45, 2.75) is 0 Å². The van der Waals surface area contributed by atoms with Gasteiger partial charge in [0.1, 0.15) is 0 Å². The van der Waals surface area contributed by atoms with E-state index in [0.717, 1.165) is 0 Å². The van der Waals surface area contributed by atoms with Crippen molar-refractivity contribution >= 4 is 24.1 Å². The first-order valence-corrected chi connectivity index (χ1v) is 3.38. The van der Waals surface area contributed by atoms with Crippen LogP contribution in [0.1, 0.15) is 0 Å². The zero-order valence-electron chi connectivity index (χ0n) is 5.57. The quantitative estimate of drug-likeness (QED) is 0.526. The average molecular weight is 169 g/mol. The number of nitroso groups, excluding NO2 is 1. The Hall–Kier alpha value is -0.865. The van der Waals surface area contributed by atoms with Crippen molar-refractivity contribution in [1.82, 2.24) is 0 Å². The summed E-state index contributed by atoms with van der Waals surface area (Å²) < 4.78 is 0. The van der Waals surface area contributed by atoms with Crippen molar-refractivity contribution in [1.29, 1.82) is 0 Å². The third-order valence-corrected chi connectivity index (χ3v) is 1.52. The van der Waals surface area contributed by atoms with Gasteiger partial charge in [-0.1, -0.05) is 28.8 Å². The van der Waals surface area contributed by atoms with Crippen LogP contribution in [0, 0.1) is 4.91 Å². The zero-order chi connectivity index (χ0) is 8.27. The maximum Gasteiger partial charge on any atom is 0.517 e. The lowest BCUT2D eigenvalue weighted by Crippen LogP contribution is -2.27. The molecule has 56 valence electrons. The van der Waals surface area contributed by atoms with Crippen LogP contribution < -0.4 is 5.46 Å². The molecule has 0 aliphatic heterocycles. The molecular weight excluding hydrogens is 164 g/mol. The van der Waals surface area contributed by atoms with Gasteiger partial charge in [0.05, 0.1) is 0 Å². The van der Waals surface area contributed by atoms with Crippen LogP contribution in [0.3, 0.4) is 0 Å². The van der Waals surface area contributed by atoms with E-state index in [0.29, 0.717) is 10.5 Å². The van der Waals surface area contributed by atoms with Crippen LogP contribution in [-0.2, 0) is 0 Å². The minimum absolute atomic E-state index is 0.449. The van der Waals surface area contributed by atoms with Crippen LogP contribution in [0.2, 0.25) is 5.02 Å². The highest BCUT2D eigenvalue weighted by Gasteiger charge is 2.14. The minimum atomic E-state index is -1.28. The molecule has 5 heteroatoms. The molecule has 11 heavy (non-hydrogen) atoms. The van der Waals surface area contributed by atoms with Gasteiger partial charge >= 0.3 is 7.05 Å². The van der Waals surface area contributed by atoms with E-state index in [4.69, 9.17) is 16.6 Å². The molecule has 0 spiro atoms. The van der Waals surface area contributed by atoms with Gasteiger partial charge in [0.2, 0.25) is 0 Å². The smallest absolute Gasteiger partial charge is 0.425 e. The number of rotatable bonds is 2. The number of hydrogen-bond donors (Lipinski definition) is 1. The Kier molecular flexibility index (Phi) is 2.62. The van der Waals surface area contributed by atoms with Gasteiger partial charge in [-0.25, -0.2) is 0 Å². The van der Waals surface area contributed by atoms with E-state index in [2.05, 4.69) is 5.09 Å². The van der Waals surface area contributed by atoms with Gasteiger partial charge in [-0.05, 0) is 17.6 Å². The number of halogens is 1. The van der Waals surface area contributed by atoms with Gasteiger partial charge in [-0.3, -0.25) is 0 Å². The lowest BCUT2D eigenvalue weighted by atomic mass is 9.76. The Labute approximate surface area is 69.1 Å². The Bertz CT molecular complexity index is 251. The Morgan fingerprint density at radius 3 is 2.36 bits per heavy atom. The van der Waals surface area contributed by atoms with E-state index in [1.807, 2.05) is 0 Å². The van der Waals surface area contributed by atoms with Crippen molar-refractivity contribution < 1.29 is 5.02 Å². The largest absolute Gasteiger partial charge is 0.517 e. The predicted molar refractivity (Wildman–Crippen MR) is 44.9 cm³/mol. The molecule has 0 unspecified atom stereocenters. The molecule has 0 saturated heterocycles. The Morgan fingerprint density at radius 1 is 1.36 bits per heavy atom. The third kappa shape index (κ3) is 2.03. The molecule has 0 heterocycles. The molecule has 0 saturated carbocycles. The molecule has 0 amide bonds. The molecule has 1 N–H and O–H groups in total. The monoisotopic (exact) mass is 169 g/mol. The number of hydrogen-bond acceptors (Lipinski definition) is 3. The van der Waals surface area contributed by atoms with Crippen LogP contribution in [0.25, 0.3) is 0 Å². The first-order chi connectivity index (χ1) is 5.24. The van der Waals surface area contributed by atoms with Crippen LogP contribution in [0.4, 0.5) is 0 Å². The van der Waals surface area contributed by atoms with E-state index in [1.165, 1.54) is 0 Å². The molecule has 1 aromatic rings. The normalized spacial score (nSPS) is 9.27. The summed E-state index contributed by atoms with van der Waals surface area (Å²) in [7, 11) is -1.28. The fourth-order valence-electron chi connectivity index (χ4n) is 0.696. The second kappa shape index (κ2) is 3.50. The molecule has 0 bridgehead atoms. The highest BCUT2D eigenvalue weighted by molar-refractivity contribution is 6.64. The molecule has 1 rings (SSSR count). The van der Waals surface area contributed by atoms with E-state index in [1.54, 1.807) is 24.3 Å². The second-order valence-electron chi connectivity index (χ2n) is 2.03. The first-order valence-electron chi connectivity index (χ1n) is 3.00. The summed E-state index contributed by atoms with van der Waals surface area (Å²) in [6.45, 7) is 0. The van der Waals surface area contributed by atoms with Crippen LogP contribution in [0.5, 0.6) is 0 Å². The third-order valence-electron chi connectivity index (χ3n) is 1.27. The van der Waals surface area contributed by atoms with Crippen molar-refractivity contribution in [3.8, 4) is 0 Å². The first kappa shape index (κ1) is 8.23. The summed E-state index contributed by atoms with van der Waals surface area (Å²) in [5.74, 6) is 0. The van der Waals surface area contributed by atoms with Gasteiger partial charge in [-0.2, -0.15) is 4.91 Å². The fourth-order valence-corrected chi connectivity index (χ4v) is 0.822. The van der Waals surface area contributed by atoms with Crippen molar-refractivity contribution in [2.24, 2.45) is 5.09 Å². The standard InChI is InChI=1S/C6H5BClNO2/c8-6-3-1-5(2-4-6)7(10)9-11/h1-4,10H. The summed E-state index contributed by atoms with van der Waals surface area (Å²) in [5.41, 5.74) is 0.449. The molecule has 0 aromatic heterocycles. The highest BCUT2D eigenvalue weighted by Crippen LogP contribution is 2.03. The van der Waals surface area contributed by atoms with E-state index < -0.39 is 7.05 Å². The highest BCUT2D eigenvalue weighted by atomic mass is 35.5. The molecule has 0 aliphatic rings. The number of nitrogens with zero attached hydrogens (tertiary/aromatic N) is 1. The molecule has 0 atom stereocenters.